The van der Waals surface area contributed by atoms with Crippen LogP contribution >= 0.6 is 0 Å². The number of anilines is 1. The van der Waals surface area contributed by atoms with E-state index in [0.29, 0.717) is 35.4 Å². The van der Waals surface area contributed by atoms with E-state index < -0.39 is 10.0 Å². The van der Waals surface area contributed by atoms with Crippen molar-refractivity contribution in [1.82, 2.24) is 24.2 Å². The number of amides is 1. The SMILES string of the molecule is CN=CC(=CN)c1cnc(C=N)c(NS(=O)(=O)c2cnc3ccc(-c4ccc(C(=O)N5CCN(C)CC5)cc4)cn23)c1. The van der Waals surface area contributed by atoms with E-state index in [0.717, 1.165) is 30.4 Å². The molecule has 13 heteroatoms. The summed E-state index contributed by atoms with van der Waals surface area (Å²) in [5.41, 5.74) is 9.62. The lowest BCUT2D eigenvalue weighted by Gasteiger charge is -2.32. The van der Waals surface area contributed by atoms with Crippen LogP contribution in [0.15, 0.2) is 77.3 Å². The molecular formula is C29H31N9O3S. The maximum atomic E-state index is 13.6. The third-order valence-corrected chi connectivity index (χ3v) is 8.42. The van der Waals surface area contributed by atoms with E-state index in [1.165, 1.54) is 29.2 Å². The van der Waals surface area contributed by atoms with Crippen LogP contribution in [-0.4, -0.2) is 91.2 Å². The zero-order valence-electron chi connectivity index (χ0n) is 23.2. The molecule has 1 amide bonds. The molecule has 0 aliphatic carbocycles. The van der Waals surface area contributed by atoms with Gasteiger partial charge in [-0.2, -0.15) is 8.42 Å². The van der Waals surface area contributed by atoms with E-state index in [1.807, 2.05) is 30.1 Å². The first-order chi connectivity index (χ1) is 20.2. The number of likely N-dealkylation sites (N-methyl/N-ethyl adjacent to an activating group) is 1. The number of hydrogen-bond acceptors (Lipinski definition) is 9. The van der Waals surface area contributed by atoms with E-state index in [9.17, 15) is 13.2 Å². The number of sulfonamides is 1. The van der Waals surface area contributed by atoms with E-state index in [4.69, 9.17) is 11.1 Å². The Morgan fingerprint density at radius 2 is 1.74 bits per heavy atom. The number of rotatable bonds is 8. The van der Waals surface area contributed by atoms with Gasteiger partial charge in [-0.05, 0) is 48.5 Å². The first kappa shape index (κ1) is 28.6. The largest absolute Gasteiger partial charge is 0.404 e. The van der Waals surface area contributed by atoms with Gasteiger partial charge in [0, 0.05) is 80.9 Å². The minimum atomic E-state index is -4.15. The quantitative estimate of drug-likeness (QED) is 0.268. The fourth-order valence-electron chi connectivity index (χ4n) is 4.71. The molecule has 42 heavy (non-hydrogen) atoms. The highest BCUT2D eigenvalue weighted by Gasteiger charge is 2.23. The first-order valence-corrected chi connectivity index (χ1v) is 14.7. The fourth-order valence-corrected chi connectivity index (χ4v) is 5.86. The molecule has 0 atom stereocenters. The number of benzene rings is 1. The number of pyridine rings is 2. The molecule has 1 aliphatic heterocycles. The average molecular weight is 586 g/mol. The summed E-state index contributed by atoms with van der Waals surface area (Å²) in [6.45, 7) is 3.08. The molecule has 0 saturated carbocycles. The minimum Gasteiger partial charge on any atom is -0.404 e. The van der Waals surface area contributed by atoms with Crippen LogP contribution in [0.1, 0.15) is 21.6 Å². The zero-order valence-corrected chi connectivity index (χ0v) is 24.0. The molecule has 0 spiro atoms. The van der Waals surface area contributed by atoms with Crippen molar-refractivity contribution >= 4 is 45.3 Å². The van der Waals surface area contributed by atoms with Crippen LogP contribution in [0.3, 0.4) is 0 Å². The molecule has 1 aromatic carbocycles. The number of aliphatic imine (C=N–C) groups is 1. The molecule has 4 aromatic rings. The van der Waals surface area contributed by atoms with Crippen LogP contribution in [0.2, 0.25) is 0 Å². The molecule has 0 bridgehead atoms. The second-order valence-electron chi connectivity index (χ2n) is 9.83. The Hall–Kier alpha value is -4.88. The lowest BCUT2D eigenvalue weighted by atomic mass is 10.0. The molecule has 4 N–H and O–H groups in total. The van der Waals surface area contributed by atoms with Gasteiger partial charge in [0.1, 0.15) is 11.3 Å². The molecule has 0 unspecified atom stereocenters. The number of carbonyl (C=O) groups excluding carboxylic acids is 1. The molecule has 1 saturated heterocycles. The van der Waals surface area contributed by atoms with Crippen LogP contribution < -0.4 is 10.5 Å². The molecule has 1 aliphatic rings. The highest BCUT2D eigenvalue weighted by atomic mass is 32.2. The summed E-state index contributed by atoms with van der Waals surface area (Å²) >= 11 is 0. The van der Waals surface area contributed by atoms with Crippen molar-refractivity contribution < 1.29 is 13.2 Å². The van der Waals surface area contributed by atoms with Gasteiger partial charge in [-0.1, -0.05) is 12.1 Å². The van der Waals surface area contributed by atoms with E-state index in [-0.39, 0.29) is 22.3 Å². The Balaban J connectivity index is 1.43. The highest BCUT2D eigenvalue weighted by molar-refractivity contribution is 7.92. The van der Waals surface area contributed by atoms with Crippen LogP contribution in [0, 0.1) is 5.41 Å². The molecule has 3 aromatic heterocycles. The number of hydrogen-bond donors (Lipinski definition) is 3. The van der Waals surface area contributed by atoms with Crippen molar-refractivity contribution in [3.05, 3.63) is 84.1 Å². The lowest BCUT2D eigenvalue weighted by Crippen LogP contribution is -2.47. The van der Waals surface area contributed by atoms with Crippen molar-refractivity contribution in [3.8, 4) is 11.1 Å². The van der Waals surface area contributed by atoms with Gasteiger partial charge in [-0.3, -0.25) is 23.9 Å². The van der Waals surface area contributed by atoms with Crippen LogP contribution in [0.5, 0.6) is 0 Å². The molecule has 1 fully saturated rings. The van der Waals surface area contributed by atoms with Crippen molar-refractivity contribution in [1.29, 1.82) is 5.41 Å². The summed E-state index contributed by atoms with van der Waals surface area (Å²) in [7, 11) is -0.520. The number of nitrogens with two attached hydrogens (primary N) is 1. The Morgan fingerprint density at radius 1 is 1.02 bits per heavy atom. The van der Waals surface area contributed by atoms with Crippen molar-refractivity contribution in [2.45, 2.75) is 5.03 Å². The average Bonchev–Trinajstić information content (AvgIpc) is 3.44. The standard InChI is InChI=1S/C29H31N9O3S/c1-32-16-24(14-30)23-13-25(26(15-31)33-17-23)35-42(40,41)28-18-34-27-8-7-22(19-38(27)28)20-3-5-21(6-4-20)29(39)37-11-9-36(2)10-12-37/h3-8,13-19,31,35H,9-12,30H2,1-2H3. The number of nitrogens with one attached hydrogen (secondary N) is 2. The Kier molecular flexibility index (Phi) is 8.13. The van der Waals surface area contributed by atoms with Crippen molar-refractivity contribution in [2.75, 3.05) is 45.0 Å². The maximum Gasteiger partial charge on any atom is 0.279 e. The molecule has 0 radical (unpaired) electrons. The van der Waals surface area contributed by atoms with Gasteiger partial charge in [0.05, 0.1) is 11.9 Å². The van der Waals surface area contributed by atoms with Crippen LogP contribution in [0.25, 0.3) is 22.3 Å². The molecule has 4 heterocycles. The van der Waals surface area contributed by atoms with Gasteiger partial charge >= 0.3 is 0 Å². The van der Waals surface area contributed by atoms with E-state index >= 15 is 0 Å². The van der Waals surface area contributed by atoms with Crippen LogP contribution in [0.4, 0.5) is 5.69 Å². The lowest BCUT2D eigenvalue weighted by molar-refractivity contribution is 0.0664. The third-order valence-electron chi connectivity index (χ3n) is 7.08. The number of piperazine rings is 1. The second-order valence-corrected chi connectivity index (χ2v) is 11.5. The first-order valence-electron chi connectivity index (χ1n) is 13.2. The predicted molar refractivity (Wildman–Crippen MR) is 164 cm³/mol. The number of imidazole rings is 1. The second kappa shape index (κ2) is 11.9. The van der Waals surface area contributed by atoms with Crippen LogP contribution in [-0.2, 0) is 10.0 Å². The highest BCUT2D eigenvalue weighted by Crippen LogP contribution is 2.26. The monoisotopic (exact) mass is 585 g/mol. The van der Waals surface area contributed by atoms with E-state index in [1.54, 1.807) is 37.5 Å². The summed E-state index contributed by atoms with van der Waals surface area (Å²) < 4.78 is 31.2. The molecule has 5 rings (SSSR count). The maximum absolute atomic E-state index is 13.6. The number of allylic oxidation sites excluding steroid dienone is 1. The molecular weight excluding hydrogens is 554 g/mol. The minimum absolute atomic E-state index is 0.00179. The Bertz CT molecular complexity index is 1800. The summed E-state index contributed by atoms with van der Waals surface area (Å²) in [6, 6.07) is 12.4. The number of aromatic nitrogens is 3. The topological polar surface area (TPSA) is 162 Å². The summed E-state index contributed by atoms with van der Waals surface area (Å²) in [6.07, 6.45) is 8.28. The van der Waals surface area contributed by atoms with Gasteiger partial charge in [0.25, 0.3) is 15.9 Å². The van der Waals surface area contributed by atoms with Crippen molar-refractivity contribution in [3.63, 3.8) is 0 Å². The third kappa shape index (κ3) is 5.78. The van der Waals surface area contributed by atoms with Gasteiger partial charge in [-0.25, -0.2) is 4.98 Å². The summed E-state index contributed by atoms with van der Waals surface area (Å²) in [4.78, 5) is 29.4. The van der Waals surface area contributed by atoms with E-state index in [2.05, 4.69) is 24.6 Å². The van der Waals surface area contributed by atoms with Crippen molar-refractivity contribution in [2.24, 2.45) is 10.7 Å². The summed E-state index contributed by atoms with van der Waals surface area (Å²) in [5, 5.41) is 7.61. The fraction of sp³-hybridized carbons (Fsp3) is 0.207. The Labute approximate surface area is 243 Å². The zero-order chi connectivity index (χ0) is 29.9. The Morgan fingerprint density at radius 3 is 2.40 bits per heavy atom. The van der Waals surface area contributed by atoms with Gasteiger partial charge in [0.15, 0.2) is 5.03 Å². The number of carbonyl (C=O) groups is 1. The molecule has 216 valence electrons. The summed E-state index contributed by atoms with van der Waals surface area (Å²) in [5.74, 6) is -0.00179. The normalized spacial score (nSPS) is 14.9. The number of fused-ring (bicyclic) bond motifs is 1. The predicted octanol–water partition coefficient (Wildman–Crippen LogP) is 2.58. The number of nitrogens with zero attached hydrogens (tertiary/aromatic N) is 6. The van der Waals surface area contributed by atoms with Gasteiger partial charge in [-0.15, -0.1) is 0 Å². The van der Waals surface area contributed by atoms with Gasteiger partial charge in [0.2, 0.25) is 0 Å². The molecule has 12 nitrogen and oxygen atoms in total. The van der Waals surface area contributed by atoms with Gasteiger partial charge < -0.3 is 20.9 Å². The smallest absolute Gasteiger partial charge is 0.279 e.